The minimum Gasteiger partial charge on any atom is -0.487 e. The predicted molar refractivity (Wildman–Crippen MR) is 153 cm³/mol. The van der Waals surface area contributed by atoms with Gasteiger partial charge in [0.2, 0.25) is 0 Å². The fourth-order valence-corrected chi connectivity index (χ4v) is 5.69. The molecule has 1 fully saturated rings. The van der Waals surface area contributed by atoms with Gasteiger partial charge in [0.1, 0.15) is 23.9 Å². The van der Waals surface area contributed by atoms with Crippen molar-refractivity contribution >= 4 is 33.5 Å². The van der Waals surface area contributed by atoms with E-state index in [9.17, 15) is 4.79 Å². The Hall–Kier alpha value is -4.39. The Morgan fingerprint density at radius 1 is 1.00 bits per heavy atom. The highest BCUT2D eigenvalue weighted by Gasteiger charge is 2.23. The van der Waals surface area contributed by atoms with Crippen molar-refractivity contribution in [3.05, 3.63) is 84.2 Å². The zero-order valence-corrected chi connectivity index (χ0v) is 22.1. The lowest BCUT2D eigenvalue weighted by Crippen LogP contribution is -2.09. The Bertz CT molecular complexity index is 1650. The molecule has 7 heteroatoms. The maximum atomic E-state index is 12.1. The Morgan fingerprint density at radius 2 is 1.85 bits per heavy atom. The quantitative estimate of drug-likeness (QED) is 0.231. The summed E-state index contributed by atoms with van der Waals surface area (Å²) in [5, 5.41) is 8.17. The highest BCUT2D eigenvalue weighted by atomic mass is 16.5. The molecule has 0 spiro atoms. The van der Waals surface area contributed by atoms with E-state index < -0.39 is 0 Å². The van der Waals surface area contributed by atoms with Crippen LogP contribution in [0.15, 0.2) is 72.9 Å². The molecule has 0 radical (unpaired) electrons. The molecule has 2 N–H and O–H groups in total. The molecule has 2 aromatic heterocycles. The molecule has 2 heterocycles. The molecule has 0 unspecified atom stereocenters. The molecule has 3 aromatic carbocycles. The van der Waals surface area contributed by atoms with E-state index in [1.807, 2.05) is 49.4 Å². The summed E-state index contributed by atoms with van der Waals surface area (Å²) in [5.74, 6) is 0.933. The third-order valence-electron chi connectivity index (χ3n) is 7.58. The van der Waals surface area contributed by atoms with E-state index >= 15 is 0 Å². The van der Waals surface area contributed by atoms with Crippen LogP contribution in [0.4, 0.5) is 5.82 Å². The molecule has 0 atom stereocenters. The number of anilines is 1. The zero-order valence-electron chi connectivity index (χ0n) is 22.1. The third kappa shape index (κ3) is 4.92. The fraction of sp³-hybridized carbons (Fsp3) is 0.281. The summed E-state index contributed by atoms with van der Waals surface area (Å²) in [6.45, 7) is 2.46. The van der Waals surface area contributed by atoms with E-state index in [4.69, 9.17) is 20.3 Å². The summed E-state index contributed by atoms with van der Waals surface area (Å²) in [4.78, 5) is 16.4. The first-order valence-electron chi connectivity index (χ1n) is 13.6. The van der Waals surface area contributed by atoms with Gasteiger partial charge in [0.05, 0.1) is 24.6 Å². The molecule has 1 saturated carbocycles. The number of nitrogens with zero attached hydrogens (tertiary/aromatic N) is 3. The van der Waals surface area contributed by atoms with Gasteiger partial charge in [-0.15, -0.1) is 0 Å². The number of esters is 1. The number of fused-ring (bicyclic) bond motifs is 2. The van der Waals surface area contributed by atoms with Gasteiger partial charge in [0, 0.05) is 22.5 Å². The fourth-order valence-electron chi connectivity index (χ4n) is 5.69. The molecule has 1 aliphatic carbocycles. The van der Waals surface area contributed by atoms with E-state index in [-0.39, 0.29) is 12.4 Å². The number of hydrogen-bond acceptors (Lipinski definition) is 6. The van der Waals surface area contributed by atoms with Crippen molar-refractivity contribution in [1.82, 2.24) is 14.8 Å². The van der Waals surface area contributed by atoms with Crippen LogP contribution in [0.5, 0.6) is 5.75 Å². The van der Waals surface area contributed by atoms with Crippen molar-refractivity contribution in [2.24, 2.45) is 0 Å². The third-order valence-corrected chi connectivity index (χ3v) is 7.58. The second-order valence-electron chi connectivity index (χ2n) is 10.0. The van der Waals surface area contributed by atoms with Crippen LogP contribution in [0.2, 0.25) is 0 Å². The molecular formula is C32H32N4O3. The zero-order chi connectivity index (χ0) is 26.8. The number of nitrogen functional groups attached to an aromatic ring is 1. The van der Waals surface area contributed by atoms with Gasteiger partial charge in [0.25, 0.3) is 0 Å². The largest absolute Gasteiger partial charge is 0.487 e. The van der Waals surface area contributed by atoms with Gasteiger partial charge in [-0.05, 0) is 60.5 Å². The number of carbonyl (C=O) groups excluding carboxylic acids is 1. The lowest BCUT2D eigenvalue weighted by molar-refractivity contribution is -0.142. The SMILES string of the molecule is CCOC(=O)Cc1ccccc1OCc1nn(C2CCCC2)c2ccc(-c3cccc4c(N)nccc34)cc12. The number of nitrogens with two attached hydrogens (primary N) is 1. The summed E-state index contributed by atoms with van der Waals surface area (Å²) in [7, 11) is 0. The van der Waals surface area contributed by atoms with E-state index in [2.05, 4.69) is 33.9 Å². The van der Waals surface area contributed by atoms with Crippen molar-refractivity contribution in [3.8, 4) is 16.9 Å². The van der Waals surface area contributed by atoms with Crippen LogP contribution in [0.3, 0.4) is 0 Å². The maximum Gasteiger partial charge on any atom is 0.310 e. The van der Waals surface area contributed by atoms with Crippen molar-refractivity contribution in [2.45, 2.75) is 51.7 Å². The molecular weight excluding hydrogens is 488 g/mol. The summed E-state index contributed by atoms with van der Waals surface area (Å²) in [6, 6.07) is 22.7. The first-order valence-corrected chi connectivity index (χ1v) is 13.6. The molecule has 0 bridgehead atoms. The highest BCUT2D eigenvalue weighted by Crippen LogP contribution is 2.37. The summed E-state index contributed by atoms with van der Waals surface area (Å²) >= 11 is 0. The molecule has 0 aliphatic heterocycles. The Kier molecular flexibility index (Phi) is 6.88. The average molecular weight is 521 g/mol. The second kappa shape index (κ2) is 10.8. The molecule has 0 saturated heterocycles. The average Bonchev–Trinajstić information content (AvgIpc) is 3.61. The Balaban J connectivity index is 1.39. The number of pyridine rings is 1. The standard InChI is InChI=1S/C32H32N4O3/c1-2-38-31(37)19-22-8-3-6-13-30(22)39-20-28-27-18-21(14-15-29(27)36(35-28)23-9-4-5-10-23)24-11-7-12-26-25(24)16-17-34-32(26)33/h3,6-8,11-18,23H,2,4-5,9-10,19-20H2,1H3,(H2,33,34). The monoisotopic (exact) mass is 520 g/mol. The predicted octanol–water partition coefficient (Wildman–Crippen LogP) is 6.63. The van der Waals surface area contributed by atoms with Gasteiger partial charge < -0.3 is 15.2 Å². The van der Waals surface area contributed by atoms with Gasteiger partial charge in [-0.2, -0.15) is 5.10 Å². The topological polar surface area (TPSA) is 92.3 Å². The van der Waals surface area contributed by atoms with E-state index in [1.165, 1.54) is 12.8 Å². The van der Waals surface area contributed by atoms with Crippen LogP contribution in [0, 0.1) is 0 Å². The van der Waals surface area contributed by atoms with Crippen LogP contribution in [-0.4, -0.2) is 27.3 Å². The molecule has 39 heavy (non-hydrogen) atoms. The molecule has 5 aromatic rings. The van der Waals surface area contributed by atoms with Crippen molar-refractivity contribution in [2.75, 3.05) is 12.3 Å². The van der Waals surface area contributed by atoms with Crippen molar-refractivity contribution in [3.63, 3.8) is 0 Å². The van der Waals surface area contributed by atoms with Gasteiger partial charge in [-0.3, -0.25) is 9.48 Å². The molecule has 7 nitrogen and oxygen atoms in total. The number of hydrogen-bond donors (Lipinski definition) is 1. The van der Waals surface area contributed by atoms with Crippen LogP contribution in [-0.2, 0) is 22.6 Å². The van der Waals surface area contributed by atoms with E-state index in [0.29, 0.717) is 30.8 Å². The minimum absolute atomic E-state index is 0.171. The maximum absolute atomic E-state index is 12.1. The highest BCUT2D eigenvalue weighted by molar-refractivity contribution is 6.02. The summed E-state index contributed by atoms with van der Waals surface area (Å²) in [6.07, 6.45) is 6.65. The van der Waals surface area contributed by atoms with Crippen LogP contribution in [0.1, 0.15) is 49.9 Å². The van der Waals surface area contributed by atoms with Crippen LogP contribution < -0.4 is 10.5 Å². The molecule has 6 rings (SSSR count). The lowest BCUT2D eigenvalue weighted by atomic mass is 9.97. The number of para-hydroxylation sites is 1. The Labute approximate surface area is 227 Å². The second-order valence-corrected chi connectivity index (χ2v) is 10.0. The van der Waals surface area contributed by atoms with Crippen LogP contribution >= 0.6 is 0 Å². The van der Waals surface area contributed by atoms with E-state index in [1.54, 1.807) is 6.20 Å². The number of ether oxygens (including phenoxy) is 2. The first kappa shape index (κ1) is 24.9. The summed E-state index contributed by atoms with van der Waals surface area (Å²) in [5.41, 5.74) is 11.2. The lowest BCUT2D eigenvalue weighted by Gasteiger charge is -2.12. The number of rotatable bonds is 8. The Morgan fingerprint density at radius 3 is 2.69 bits per heavy atom. The number of carbonyl (C=O) groups is 1. The summed E-state index contributed by atoms with van der Waals surface area (Å²) < 4.78 is 13.7. The van der Waals surface area contributed by atoms with Crippen LogP contribution in [0.25, 0.3) is 32.8 Å². The van der Waals surface area contributed by atoms with E-state index in [0.717, 1.165) is 56.9 Å². The van der Waals surface area contributed by atoms with Crippen molar-refractivity contribution in [1.29, 1.82) is 0 Å². The smallest absolute Gasteiger partial charge is 0.310 e. The minimum atomic E-state index is -0.264. The molecule has 1 aliphatic rings. The molecule has 198 valence electrons. The van der Waals surface area contributed by atoms with Gasteiger partial charge in [-0.1, -0.05) is 55.3 Å². The van der Waals surface area contributed by atoms with Gasteiger partial charge >= 0.3 is 5.97 Å². The first-order chi connectivity index (χ1) is 19.1. The normalized spacial score (nSPS) is 13.8. The number of aromatic nitrogens is 3. The van der Waals surface area contributed by atoms with Crippen molar-refractivity contribution < 1.29 is 14.3 Å². The molecule has 0 amide bonds. The van der Waals surface area contributed by atoms with Gasteiger partial charge in [0.15, 0.2) is 0 Å². The van der Waals surface area contributed by atoms with Gasteiger partial charge in [-0.25, -0.2) is 4.98 Å². The number of benzene rings is 3.